The van der Waals surface area contributed by atoms with E-state index >= 15 is 0 Å². The summed E-state index contributed by atoms with van der Waals surface area (Å²) in [5.74, 6) is 0. The molecule has 2 aromatic carbocycles. The van der Waals surface area contributed by atoms with Crippen LogP contribution < -0.4 is 5.73 Å². The molecule has 1 saturated carbocycles. The fraction of sp³-hybridized carbons (Fsp3) is 0.400. The van der Waals surface area contributed by atoms with Crippen LogP contribution in [-0.2, 0) is 13.1 Å². The van der Waals surface area contributed by atoms with Crippen LogP contribution in [0.5, 0.6) is 0 Å². The Balaban J connectivity index is 1.73. The highest BCUT2D eigenvalue weighted by atomic mass is 15.2. The molecule has 0 aromatic heterocycles. The number of benzene rings is 2. The molecule has 116 valence electrons. The maximum Gasteiger partial charge on any atom is 0.0240 e. The fourth-order valence-electron chi connectivity index (χ4n) is 3.42. The Hall–Kier alpha value is -1.64. The van der Waals surface area contributed by atoms with Crippen molar-refractivity contribution in [3.63, 3.8) is 0 Å². The van der Waals surface area contributed by atoms with Gasteiger partial charge in [0.25, 0.3) is 0 Å². The molecule has 1 aliphatic rings. The van der Waals surface area contributed by atoms with Crippen LogP contribution in [0, 0.1) is 0 Å². The maximum atomic E-state index is 6.08. The molecule has 0 heterocycles. The summed E-state index contributed by atoms with van der Waals surface area (Å²) >= 11 is 0. The Morgan fingerprint density at radius 3 is 1.64 bits per heavy atom. The lowest BCUT2D eigenvalue weighted by atomic mass is 9.90. The van der Waals surface area contributed by atoms with Gasteiger partial charge in [0.15, 0.2) is 0 Å². The zero-order chi connectivity index (χ0) is 15.2. The van der Waals surface area contributed by atoms with E-state index in [-0.39, 0.29) is 0 Å². The quantitative estimate of drug-likeness (QED) is 0.904. The lowest BCUT2D eigenvalue weighted by molar-refractivity contribution is 0.134. The Morgan fingerprint density at radius 2 is 1.18 bits per heavy atom. The first-order valence-corrected chi connectivity index (χ1v) is 8.39. The molecule has 1 fully saturated rings. The summed E-state index contributed by atoms with van der Waals surface area (Å²) in [6, 6.07) is 22.7. The summed E-state index contributed by atoms with van der Waals surface area (Å²) in [5, 5.41) is 0. The molecule has 0 unspecified atom stereocenters. The van der Waals surface area contributed by atoms with Gasteiger partial charge < -0.3 is 5.73 Å². The van der Waals surface area contributed by atoms with E-state index in [2.05, 4.69) is 65.6 Å². The molecule has 0 amide bonds. The van der Waals surface area contributed by atoms with Gasteiger partial charge in [-0.1, -0.05) is 60.7 Å². The first-order valence-electron chi connectivity index (χ1n) is 8.39. The molecule has 3 rings (SSSR count). The molecule has 1 aliphatic carbocycles. The van der Waals surface area contributed by atoms with E-state index in [0.717, 1.165) is 25.9 Å². The van der Waals surface area contributed by atoms with Gasteiger partial charge in [-0.2, -0.15) is 0 Å². The summed E-state index contributed by atoms with van der Waals surface area (Å²) < 4.78 is 0. The largest absolute Gasteiger partial charge is 0.328 e. The predicted octanol–water partition coefficient (Wildman–Crippen LogP) is 3.96. The van der Waals surface area contributed by atoms with E-state index < -0.39 is 0 Å². The van der Waals surface area contributed by atoms with Crippen molar-refractivity contribution in [3.8, 4) is 0 Å². The molecular weight excluding hydrogens is 268 g/mol. The topological polar surface area (TPSA) is 29.3 Å². The van der Waals surface area contributed by atoms with E-state index in [0.29, 0.717) is 12.1 Å². The van der Waals surface area contributed by atoms with Gasteiger partial charge in [0.1, 0.15) is 0 Å². The Morgan fingerprint density at radius 1 is 0.727 bits per heavy atom. The monoisotopic (exact) mass is 294 g/mol. The lowest BCUT2D eigenvalue weighted by Crippen LogP contribution is -2.40. The normalized spacial score (nSPS) is 21.9. The van der Waals surface area contributed by atoms with E-state index in [1.807, 2.05) is 0 Å². The SMILES string of the molecule is NC1CCC(N(Cc2ccccc2)Cc2ccccc2)CC1. The molecule has 0 bridgehead atoms. The standard InChI is InChI=1S/C20H26N2/c21-19-11-13-20(14-12-19)22(15-17-7-3-1-4-8-17)16-18-9-5-2-6-10-18/h1-10,19-20H,11-16,21H2. The molecule has 22 heavy (non-hydrogen) atoms. The van der Waals surface area contributed by atoms with Gasteiger partial charge in [0.2, 0.25) is 0 Å². The van der Waals surface area contributed by atoms with Crippen LogP contribution in [0.15, 0.2) is 60.7 Å². The third-order valence-corrected chi connectivity index (χ3v) is 4.71. The molecule has 0 spiro atoms. The zero-order valence-electron chi connectivity index (χ0n) is 13.2. The second-order valence-electron chi connectivity index (χ2n) is 6.44. The Kier molecular flexibility index (Phi) is 5.25. The third kappa shape index (κ3) is 4.19. The molecule has 0 radical (unpaired) electrons. The van der Waals surface area contributed by atoms with Gasteiger partial charge in [-0.15, -0.1) is 0 Å². The van der Waals surface area contributed by atoms with Gasteiger partial charge in [-0.25, -0.2) is 0 Å². The van der Waals surface area contributed by atoms with Crippen LogP contribution in [0.4, 0.5) is 0 Å². The number of hydrogen-bond donors (Lipinski definition) is 1. The summed E-state index contributed by atoms with van der Waals surface area (Å²) in [6.07, 6.45) is 4.76. The van der Waals surface area contributed by atoms with E-state index in [1.54, 1.807) is 0 Å². The van der Waals surface area contributed by atoms with E-state index in [9.17, 15) is 0 Å². The number of rotatable bonds is 5. The summed E-state index contributed by atoms with van der Waals surface area (Å²) in [4.78, 5) is 2.64. The van der Waals surface area contributed by atoms with Crippen molar-refractivity contribution in [3.05, 3.63) is 71.8 Å². The minimum absolute atomic E-state index is 0.409. The minimum Gasteiger partial charge on any atom is -0.328 e. The van der Waals surface area contributed by atoms with E-state index in [1.165, 1.54) is 24.0 Å². The lowest BCUT2D eigenvalue weighted by Gasteiger charge is -2.36. The first kappa shape index (κ1) is 15.3. The first-order chi connectivity index (χ1) is 10.8. The Bertz CT molecular complexity index is 503. The minimum atomic E-state index is 0.409. The van der Waals surface area contributed by atoms with Crippen molar-refractivity contribution < 1.29 is 0 Å². The highest BCUT2D eigenvalue weighted by Crippen LogP contribution is 2.25. The van der Waals surface area contributed by atoms with Gasteiger partial charge in [0.05, 0.1) is 0 Å². The van der Waals surface area contributed by atoms with Crippen LogP contribution in [0.1, 0.15) is 36.8 Å². The van der Waals surface area contributed by atoms with Crippen molar-refractivity contribution in [1.29, 1.82) is 0 Å². The summed E-state index contributed by atoms with van der Waals surface area (Å²) in [7, 11) is 0. The maximum absolute atomic E-state index is 6.08. The predicted molar refractivity (Wildman–Crippen MR) is 92.4 cm³/mol. The third-order valence-electron chi connectivity index (χ3n) is 4.71. The van der Waals surface area contributed by atoms with Crippen LogP contribution in [0.25, 0.3) is 0 Å². The molecule has 0 aliphatic heterocycles. The highest BCUT2D eigenvalue weighted by molar-refractivity contribution is 5.17. The highest BCUT2D eigenvalue weighted by Gasteiger charge is 2.24. The smallest absolute Gasteiger partial charge is 0.0240 e. The summed E-state index contributed by atoms with van der Waals surface area (Å²) in [6.45, 7) is 2.05. The molecule has 2 nitrogen and oxygen atoms in total. The fourth-order valence-corrected chi connectivity index (χ4v) is 3.42. The summed E-state index contributed by atoms with van der Waals surface area (Å²) in [5.41, 5.74) is 8.88. The molecule has 2 N–H and O–H groups in total. The van der Waals surface area contributed by atoms with Crippen LogP contribution >= 0.6 is 0 Å². The molecule has 0 saturated heterocycles. The van der Waals surface area contributed by atoms with Crippen molar-refractivity contribution >= 4 is 0 Å². The van der Waals surface area contributed by atoms with Gasteiger partial charge in [-0.05, 0) is 36.8 Å². The molecular formula is C20H26N2. The average Bonchev–Trinajstić information content (AvgIpc) is 2.57. The van der Waals surface area contributed by atoms with Crippen molar-refractivity contribution in [2.75, 3.05) is 0 Å². The van der Waals surface area contributed by atoms with Crippen molar-refractivity contribution in [1.82, 2.24) is 4.90 Å². The van der Waals surface area contributed by atoms with Crippen molar-refractivity contribution in [2.45, 2.75) is 50.9 Å². The Labute approximate surface area is 134 Å². The number of hydrogen-bond acceptors (Lipinski definition) is 2. The van der Waals surface area contributed by atoms with E-state index in [4.69, 9.17) is 5.73 Å². The second kappa shape index (κ2) is 7.57. The average molecular weight is 294 g/mol. The van der Waals surface area contributed by atoms with Crippen LogP contribution in [0.2, 0.25) is 0 Å². The number of nitrogens with zero attached hydrogens (tertiary/aromatic N) is 1. The van der Waals surface area contributed by atoms with Crippen LogP contribution in [-0.4, -0.2) is 17.0 Å². The second-order valence-corrected chi connectivity index (χ2v) is 6.44. The zero-order valence-corrected chi connectivity index (χ0v) is 13.2. The van der Waals surface area contributed by atoms with Gasteiger partial charge >= 0.3 is 0 Å². The molecule has 2 heteroatoms. The van der Waals surface area contributed by atoms with Gasteiger partial charge in [0, 0.05) is 25.2 Å². The molecule has 2 aromatic rings. The molecule has 0 atom stereocenters. The van der Waals surface area contributed by atoms with Crippen LogP contribution in [0.3, 0.4) is 0 Å². The van der Waals surface area contributed by atoms with Gasteiger partial charge in [-0.3, -0.25) is 4.90 Å². The van der Waals surface area contributed by atoms with Crippen molar-refractivity contribution in [2.24, 2.45) is 5.73 Å². The number of nitrogens with two attached hydrogens (primary N) is 1.